The Kier molecular flexibility index (Phi) is 3.64. The van der Waals surface area contributed by atoms with E-state index >= 15 is 0 Å². The van der Waals surface area contributed by atoms with Gasteiger partial charge in [0.05, 0.1) is 6.33 Å². The van der Waals surface area contributed by atoms with E-state index in [1.54, 1.807) is 11.6 Å². The first-order valence-corrected chi connectivity index (χ1v) is 6.14. The van der Waals surface area contributed by atoms with E-state index in [0.29, 0.717) is 31.5 Å². The van der Waals surface area contributed by atoms with Crippen LogP contribution in [-0.2, 0) is 18.4 Å². The van der Waals surface area contributed by atoms with Crippen molar-refractivity contribution in [1.82, 2.24) is 19.1 Å². The van der Waals surface area contributed by atoms with Crippen LogP contribution < -0.4 is 11.2 Å². The molecule has 7 heteroatoms. The molecule has 0 saturated carbocycles. The second kappa shape index (κ2) is 5.21. The quantitative estimate of drug-likeness (QED) is 0.780. The molecule has 0 saturated heterocycles. The summed E-state index contributed by atoms with van der Waals surface area (Å²) >= 11 is 0. The minimum Gasteiger partial charge on any atom is -0.320 e. The summed E-state index contributed by atoms with van der Waals surface area (Å²) in [6.07, 6.45) is 3.24. The number of aromatic nitrogens is 4. The van der Waals surface area contributed by atoms with Crippen molar-refractivity contribution in [3.05, 3.63) is 27.2 Å². The molecule has 2 aromatic heterocycles. The van der Waals surface area contributed by atoms with E-state index in [4.69, 9.17) is 0 Å². The third-order valence-electron chi connectivity index (χ3n) is 3.02. The number of imidazole rings is 1. The van der Waals surface area contributed by atoms with Crippen LogP contribution in [0.5, 0.6) is 0 Å². The zero-order chi connectivity index (χ0) is 14.0. The van der Waals surface area contributed by atoms with Gasteiger partial charge in [0, 0.05) is 20.0 Å². The molecule has 0 unspecified atom stereocenters. The van der Waals surface area contributed by atoms with Gasteiger partial charge in [-0.25, -0.2) is 9.78 Å². The summed E-state index contributed by atoms with van der Waals surface area (Å²) < 4.78 is 2.73. The number of aromatic amines is 1. The van der Waals surface area contributed by atoms with Gasteiger partial charge >= 0.3 is 5.69 Å². The number of hydrogen-bond donors (Lipinski definition) is 1. The number of aryl methyl sites for hydroxylation is 1. The van der Waals surface area contributed by atoms with Crippen molar-refractivity contribution >= 4 is 16.9 Å². The summed E-state index contributed by atoms with van der Waals surface area (Å²) in [7, 11) is 1.71. The van der Waals surface area contributed by atoms with Crippen LogP contribution in [-0.4, -0.2) is 24.9 Å². The molecular formula is C12H16N4O3. The molecule has 0 aliphatic rings. The number of Topliss-reactive ketones (excluding diaryl/α,β-unsaturated/α-hetero) is 1. The standard InChI is InChI=1S/C12H16N4O3/c1-8(17)5-3-4-6-16-11(18)9-10(14-12(16)19)15(2)7-13-9/h7H,3-6H2,1-2H3,(H,14,19). The summed E-state index contributed by atoms with van der Waals surface area (Å²) in [5, 5.41) is 0. The molecule has 1 N–H and O–H groups in total. The smallest absolute Gasteiger partial charge is 0.320 e. The number of ketones is 1. The second-order valence-electron chi connectivity index (χ2n) is 4.60. The van der Waals surface area contributed by atoms with Crippen molar-refractivity contribution in [2.45, 2.75) is 32.7 Å². The largest absolute Gasteiger partial charge is 0.330 e. The molecule has 0 spiro atoms. The van der Waals surface area contributed by atoms with Gasteiger partial charge in [-0.3, -0.25) is 14.3 Å². The molecule has 0 amide bonds. The average molecular weight is 264 g/mol. The van der Waals surface area contributed by atoms with Gasteiger partial charge in [0.25, 0.3) is 5.56 Å². The number of carbonyl (C=O) groups is 1. The molecule has 7 nitrogen and oxygen atoms in total. The van der Waals surface area contributed by atoms with Crippen molar-refractivity contribution in [1.29, 1.82) is 0 Å². The highest BCUT2D eigenvalue weighted by Crippen LogP contribution is 2.01. The maximum absolute atomic E-state index is 12.1. The minimum absolute atomic E-state index is 0.112. The Balaban J connectivity index is 2.26. The molecule has 0 radical (unpaired) electrons. The van der Waals surface area contributed by atoms with E-state index < -0.39 is 5.69 Å². The Morgan fingerprint density at radius 3 is 2.79 bits per heavy atom. The number of H-pyrrole nitrogens is 1. The predicted octanol–water partition coefficient (Wildman–Crippen LogP) is 0.183. The molecule has 0 aromatic carbocycles. The first-order valence-electron chi connectivity index (χ1n) is 6.14. The van der Waals surface area contributed by atoms with Crippen molar-refractivity contribution in [2.24, 2.45) is 7.05 Å². The lowest BCUT2D eigenvalue weighted by Crippen LogP contribution is -2.35. The van der Waals surface area contributed by atoms with Crippen LogP contribution in [0.2, 0.25) is 0 Å². The van der Waals surface area contributed by atoms with Gasteiger partial charge in [0.1, 0.15) is 11.4 Å². The highest BCUT2D eigenvalue weighted by atomic mass is 16.2. The van der Waals surface area contributed by atoms with Crippen molar-refractivity contribution < 1.29 is 4.79 Å². The Morgan fingerprint density at radius 1 is 1.37 bits per heavy atom. The van der Waals surface area contributed by atoms with E-state index in [1.165, 1.54) is 13.3 Å². The molecule has 0 atom stereocenters. The molecule has 2 aromatic rings. The molecule has 2 heterocycles. The Labute approximate surface area is 108 Å². The van der Waals surface area contributed by atoms with Crippen LogP contribution in [0.25, 0.3) is 11.2 Å². The van der Waals surface area contributed by atoms with Gasteiger partial charge in [-0.1, -0.05) is 0 Å². The zero-order valence-electron chi connectivity index (χ0n) is 11.0. The lowest BCUT2D eigenvalue weighted by atomic mass is 10.2. The topological polar surface area (TPSA) is 89.8 Å². The normalized spacial score (nSPS) is 11.1. The fourth-order valence-electron chi connectivity index (χ4n) is 1.97. The third kappa shape index (κ3) is 2.64. The molecule has 0 bridgehead atoms. The van der Waals surface area contributed by atoms with Crippen molar-refractivity contribution in [3.8, 4) is 0 Å². The molecule has 102 valence electrons. The Hall–Kier alpha value is -2.18. The van der Waals surface area contributed by atoms with Gasteiger partial charge in [-0.2, -0.15) is 0 Å². The van der Waals surface area contributed by atoms with E-state index in [2.05, 4.69) is 9.97 Å². The number of carbonyl (C=O) groups excluding carboxylic acids is 1. The fraction of sp³-hybridized carbons (Fsp3) is 0.500. The lowest BCUT2D eigenvalue weighted by molar-refractivity contribution is -0.117. The van der Waals surface area contributed by atoms with E-state index in [0.717, 1.165) is 4.57 Å². The molecule has 0 aliphatic carbocycles. The highest BCUT2D eigenvalue weighted by Gasteiger charge is 2.10. The third-order valence-corrected chi connectivity index (χ3v) is 3.02. The number of unbranched alkanes of at least 4 members (excludes halogenated alkanes) is 1. The van der Waals surface area contributed by atoms with Crippen LogP contribution in [0.4, 0.5) is 0 Å². The second-order valence-corrected chi connectivity index (χ2v) is 4.60. The summed E-state index contributed by atoms with van der Waals surface area (Å²) in [6, 6.07) is 0. The highest BCUT2D eigenvalue weighted by molar-refractivity contribution is 5.75. The predicted molar refractivity (Wildman–Crippen MR) is 70.1 cm³/mol. The average Bonchev–Trinajstić information content (AvgIpc) is 2.70. The maximum Gasteiger partial charge on any atom is 0.330 e. The van der Waals surface area contributed by atoms with E-state index in [9.17, 15) is 14.4 Å². The Morgan fingerprint density at radius 2 is 2.11 bits per heavy atom. The minimum atomic E-state index is -0.441. The summed E-state index contributed by atoms with van der Waals surface area (Å²) in [5.41, 5.74) is -0.144. The summed E-state index contributed by atoms with van der Waals surface area (Å²) in [4.78, 5) is 41.4. The summed E-state index contributed by atoms with van der Waals surface area (Å²) in [6.45, 7) is 1.83. The SMILES string of the molecule is CC(=O)CCCCn1c(=O)[nH]c2c(ncn2C)c1=O. The van der Waals surface area contributed by atoms with Gasteiger partial charge in [-0.05, 0) is 19.8 Å². The van der Waals surface area contributed by atoms with Gasteiger partial charge in [0.15, 0.2) is 5.52 Å². The van der Waals surface area contributed by atoms with E-state index in [1.807, 2.05) is 0 Å². The summed E-state index contributed by atoms with van der Waals surface area (Å²) in [5.74, 6) is 0.112. The van der Waals surface area contributed by atoms with Crippen LogP contribution in [0.3, 0.4) is 0 Å². The molecular weight excluding hydrogens is 248 g/mol. The van der Waals surface area contributed by atoms with Crippen LogP contribution in [0.1, 0.15) is 26.2 Å². The number of nitrogens with zero attached hydrogens (tertiary/aromatic N) is 3. The van der Waals surface area contributed by atoms with Gasteiger partial charge in [-0.15, -0.1) is 0 Å². The molecule has 0 aliphatic heterocycles. The lowest BCUT2D eigenvalue weighted by Gasteiger charge is -2.04. The monoisotopic (exact) mass is 264 g/mol. The zero-order valence-corrected chi connectivity index (χ0v) is 11.0. The molecule has 19 heavy (non-hydrogen) atoms. The number of hydrogen-bond acceptors (Lipinski definition) is 4. The number of fused-ring (bicyclic) bond motifs is 1. The number of rotatable bonds is 5. The fourth-order valence-corrected chi connectivity index (χ4v) is 1.97. The van der Waals surface area contributed by atoms with Crippen LogP contribution in [0, 0.1) is 0 Å². The number of nitrogens with one attached hydrogen (secondary N) is 1. The first-order chi connectivity index (χ1) is 9.00. The van der Waals surface area contributed by atoms with Gasteiger partial charge < -0.3 is 9.36 Å². The van der Waals surface area contributed by atoms with Gasteiger partial charge in [0.2, 0.25) is 0 Å². The first kappa shape index (κ1) is 13.3. The maximum atomic E-state index is 12.1. The van der Waals surface area contributed by atoms with Crippen molar-refractivity contribution in [3.63, 3.8) is 0 Å². The Bertz CT molecular complexity index is 723. The molecule has 0 fully saturated rings. The van der Waals surface area contributed by atoms with Crippen molar-refractivity contribution in [2.75, 3.05) is 0 Å². The van der Waals surface area contributed by atoms with Crippen LogP contribution in [0.15, 0.2) is 15.9 Å². The van der Waals surface area contributed by atoms with Crippen LogP contribution >= 0.6 is 0 Å². The molecule has 2 rings (SSSR count). The van der Waals surface area contributed by atoms with E-state index in [-0.39, 0.29) is 16.9 Å².